The van der Waals surface area contributed by atoms with Crippen molar-refractivity contribution in [3.63, 3.8) is 0 Å². The second-order valence-corrected chi connectivity index (χ2v) is 4.64. The summed E-state index contributed by atoms with van der Waals surface area (Å²) in [5, 5.41) is 17.8. The molecule has 0 radical (unpaired) electrons. The molecule has 0 saturated carbocycles. The first-order valence-corrected chi connectivity index (χ1v) is 5.80. The Morgan fingerprint density at radius 3 is 3.07 bits per heavy atom. The van der Waals surface area contributed by atoms with Crippen LogP contribution in [0.25, 0.3) is 0 Å². The van der Waals surface area contributed by atoms with Crippen LogP contribution in [0.15, 0.2) is 5.51 Å². The summed E-state index contributed by atoms with van der Waals surface area (Å²) in [6.45, 7) is 3.24. The van der Waals surface area contributed by atoms with Crippen LogP contribution in [0.4, 0.5) is 5.13 Å². The molecule has 5 nitrogen and oxygen atoms in total. The van der Waals surface area contributed by atoms with Crippen molar-refractivity contribution in [3.05, 3.63) is 5.51 Å². The van der Waals surface area contributed by atoms with Crippen LogP contribution in [0.1, 0.15) is 19.8 Å². The fraction of sp³-hybridized carbons (Fsp3) is 0.667. The van der Waals surface area contributed by atoms with Crippen LogP contribution < -0.4 is 4.90 Å². The number of carboxylic acid groups (broad SMARTS) is 1. The molecule has 1 aliphatic rings. The van der Waals surface area contributed by atoms with E-state index in [9.17, 15) is 9.90 Å². The predicted molar refractivity (Wildman–Crippen MR) is 57.1 cm³/mol. The molecule has 1 aromatic rings. The zero-order valence-corrected chi connectivity index (χ0v) is 9.33. The highest BCUT2D eigenvalue weighted by atomic mass is 32.1. The Morgan fingerprint density at radius 1 is 1.80 bits per heavy atom. The standard InChI is InChI=1S/C9H13N3O2S/c1-2-9(7(13)14)3-4-12(5-9)8-11-10-6-15-8/h6H,2-5H2,1H3,(H,13,14). The summed E-state index contributed by atoms with van der Waals surface area (Å²) in [6, 6.07) is 0. The lowest BCUT2D eigenvalue weighted by molar-refractivity contribution is -0.147. The highest BCUT2D eigenvalue weighted by Crippen LogP contribution is 2.36. The molecule has 2 heterocycles. The molecule has 0 aliphatic carbocycles. The highest BCUT2D eigenvalue weighted by molar-refractivity contribution is 7.13. The number of anilines is 1. The molecule has 0 spiro atoms. The zero-order chi connectivity index (χ0) is 10.9. The number of nitrogens with zero attached hydrogens (tertiary/aromatic N) is 3. The number of aliphatic carboxylic acids is 1. The van der Waals surface area contributed by atoms with E-state index in [1.54, 1.807) is 5.51 Å². The van der Waals surface area contributed by atoms with Gasteiger partial charge in [-0.2, -0.15) is 0 Å². The van der Waals surface area contributed by atoms with Gasteiger partial charge < -0.3 is 10.0 Å². The summed E-state index contributed by atoms with van der Waals surface area (Å²) in [7, 11) is 0. The van der Waals surface area contributed by atoms with Gasteiger partial charge in [-0.1, -0.05) is 18.3 Å². The summed E-state index contributed by atoms with van der Waals surface area (Å²) in [6.07, 6.45) is 1.36. The minimum absolute atomic E-state index is 0.550. The SMILES string of the molecule is CCC1(C(=O)O)CCN(c2nncs2)C1. The van der Waals surface area contributed by atoms with Crippen LogP contribution >= 0.6 is 11.3 Å². The molecule has 6 heteroatoms. The fourth-order valence-electron chi connectivity index (χ4n) is 1.96. The van der Waals surface area contributed by atoms with Crippen LogP contribution in [0.2, 0.25) is 0 Å². The number of carbonyl (C=O) groups is 1. The summed E-state index contributed by atoms with van der Waals surface area (Å²) < 4.78 is 0. The molecule has 2 rings (SSSR count). The van der Waals surface area contributed by atoms with Crippen molar-refractivity contribution in [2.45, 2.75) is 19.8 Å². The van der Waals surface area contributed by atoms with Gasteiger partial charge in [0.1, 0.15) is 5.51 Å². The Balaban J connectivity index is 2.15. The van der Waals surface area contributed by atoms with E-state index in [0.717, 1.165) is 11.7 Å². The molecule has 1 unspecified atom stereocenters. The molecule has 1 N–H and O–H groups in total. The number of carboxylic acids is 1. The normalized spacial score (nSPS) is 25.8. The molecule has 0 bridgehead atoms. The zero-order valence-electron chi connectivity index (χ0n) is 8.51. The van der Waals surface area contributed by atoms with Crippen LogP contribution in [0.5, 0.6) is 0 Å². The van der Waals surface area contributed by atoms with Crippen molar-refractivity contribution >= 4 is 22.4 Å². The summed E-state index contributed by atoms with van der Waals surface area (Å²) in [5.41, 5.74) is 1.08. The molecule has 82 valence electrons. The molecular formula is C9H13N3O2S. The van der Waals surface area contributed by atoms with Gasteiger partial charge in [0.05, 0.1) is 5.41 Å². The Kier molecular flexibility index (Phi) is 2.60. The molecule has 0 aromatic carbocycles. The second-order valence-electron chi connectivity index (χ2n) is 3.83. The number of hydrogen-bond donors (Lipinski definition) is 1. The van der Waals surface area contributed by atoms with Crippen LogP contribution in [0.3, 0.4) is 0 Å². The number of rotatable bonds is 3. The average molecular weight is 227 g/mol. The molecular weight excluding hydrogens is 214 g/mol. The Labute approximate surface area is 91.7 Å². The van der Waals surface area contributed by atoms with E-state index in [0.29, 0.717) is 19.4 Å². The number of hydrogen-bond acceptors (Lipinski definition) is 5. The van der Waals surface area contributed by atoms with Crippen molar-refractivity contribution in [1.82, 2.24) is 10.2 Å². The summed E-state index contributed by atoms with van der Waals surface area (Å²) >= 11 is 1.45. The maximum atomic E-state index is 11.2. The van der Waals surface area contributed by atoms with Crippen molar-refractivity contribution in [2.24, 2.45) is 5.41 Å². The third-order valence-corrected chi connectivity index (χ3v) is 3.85. The average Bonchev–Trinajstić information content (AvgIpc) is 2.87. The highest BCUT2D eigenvalue weighted by Gasteiger charge is 2.43. The fourth-order valence-corrected chi connectivity index (χ4v) is 2.54. The van der Waals surface area contributed by atoms with Crippen molar-refractivity contribution < 1.29 is 9.90 Å². The molecule has 1 aliphatic heterocycles. The van der Waals surface area contributed by atoms with Gasteiger partial charge in [-0.15, -0.1) is 10.2 Å². The van der Waals surface area contributed by atoms with Gasteiger partial charge in [-0.25, -0.2) is 0 Å². The Bertz CT molecular complexity index is 354. The lowest BCUT2D eigenvalue weighted by Crippen LogP contribution is -2.34. The molecule has 15 heavy (non-hydrogen) atoms. The first-order chi connectivity index (χ1) is 7.18. The molecule has 1 atom stereocenters. The maximum absolute atomic E-state index is 11.2. The first-order valence-electron chi connectivity index (χ1n) is 4.92. The van der Waals surface area contributed by atoms with E-state index < -0.39 is 11.4 Å². The smallest absolute Gasteiger partial charge is 0.311 e. The largest absolute Gasteiger partial charge is 0.481 e. The third kappa shape index (κ3) is 1.69. The van der Waals surface area contributed by atoms with Gasteiger partial charge in [0.2, 0.25) is 5.13 Å². The van der Waals surface area contributed by atoms with Crippen LogP contribution in [-0.2, 0) is 4.79 Å². The molecule has 1 saturated heterocycles. The quantitative estimate of drug-likeness (QED) is 0.841. The monoisotopic (exact) mass is 227 g/mol. The Morgan fingerprint density at radius 2 is 2.60 bits per heavy atom. The van der Waals surface area contributed by atoms with Gasteiger partial charge in [0.15, 0.2) is 0 Å². The van der Waals surface area contributed by atoms with Gasteiger partial charge in [-0.05, 0) is 12.8 Å². The lowest BCUT2D eigenvalue weighted by Gasteiger charge is -2.22. The second kappa shape index (κ2) is 3.77. The maximum Gasteiger partial charge on any atom is 0.311 e. The Hall–Kier alpha value is -1.17. The minimum Gasteiger partial charge on any atom is -0.481 e. The third-order valence-electron chi connectivity index (χ3n) is 3.10. The predicted octanol–water partition coefficient (Wildman–Crippen LogP) is 1.23. The van der Waals surface area contributed by atoms with Gasteiger partial charge >= 0.3 is 5.97 Å². The summed E-state index contributed by atoms with van der Waals surface area (Å²) in [4.78, 5) is 13.2. The lowest BCUT2D eigenvalue weighted by atomic mass is 9.84. The van der Waals surface area contributed by atoms with Crippen LogP contribution in [0, 0.1) is 5.41 Å². The topological polar surface area (TPSA) is 66.3 Å². The van der Waals surface area contributed by atoms with E-state index in [-0.39, 0.29) is 0 Å². The first kappa shape index (κ1) is 10.4. The van der Waals surface area contributed by atoms with E-state index in [1.165, 1.54) is 11.3 Å². The van der Waals surface area contributed by atoms with Gasteiger partial charge in [-0.3, -0.25) is 4.79 Å². The van der Waals surface area contributed by atoms with E-state index >= 15 is 0 Å². The van der Waals surface area contributed by atoms with E-state index in [1.807, 2.05) is 11.8 Å². The van der Waals surface area contributed by atoms with Crippen molar-refractivity contribution in [1.29, 1.82) is 0 Å². The van der Waals surface area contributed by atoms with Crippen molar-refractivity contribution in [3.8, 4) is 0 Å². The van der Waals surface area contributed by atoms with Crippen molar-refractivity contribution in [2.75, 3.05) is 18.0 Å². The van der Waals surface area contributed by atoms with Gasteiger partial charge in [0.25, 0.3) is 0 Å². The van der Waals surface area contributed by atoms with Crippen LogP contribution in [-0.4, -0.2) is 34.4 Å². The summed E-state index contributed by atoms with van der Waals surface area (Å²) in [5.74, 6) is -0.697. The van der Waals surface area contributed by atoms with E-state index in [2.05, 4.69) is 10.2 Å². The number of aromatic nitrogens is 2. The minimum atomic E-state index is -0.697. The van der Waals surface area contributed by atoms with E-state index in [4.69, 9.17) is 0 Å². The van der Waals surface area contributed by atoms with Gasteiger partial charge in [0, 0.05) is 13.1 Å². The molecule has 0 amide bonds. The molecule has 1 fully saturated rings. The molecule has 1 aromatic heterocycles.